The number of aryl methyl sites for hydroxylation is 1. The predicted molar refractivity (Wildman–Crippen MR) is 75.8 cm³/mol. The summed E-state index contributed by atoms with van der Waals surface area (Å²) in [5.41, 5.74) is 0.861. The number of nitrogens with zero attached hydrogens (tertiary/aromatic N) is 1. The molecule has 1 atom stereocenters. The molecule has 1 aromatic rings. The van der Waals surface area contributed by atoms with Crippen molar-refractivity contribution in [2.75, 3.05) is 6.54 Å². The molecule has 1 unspecified atom stereocenters. The molecule has 0 radical (unpaired) electrons. The van der Waals surface area contributed by atoms with Crippen LogP contribution in [0.1, 0.15) is 38.7 Å². The molecule has 1 aliphatic rings. The monoisotopic (exact) mass is 261 g/mol. The lowest BCUT2D eigenvalue weighted by Gasteiger charge is -2.33. The summed E-state index contributed by atoms with van der Waals surface area (Å²) in [7, 11) is 0. The highest BCUT2D eigenvalue weighted by molar-refractivity contribution is 5.77. The Morgan fingerprint density at radius 1 is 1.37 bits per heavy atom. The fourth-order valence-electron chi connectivity index (χ4n) is 2.74. The Kier molecular flexibility index (Phi) is 4.25. The maximum absolute atomic E-state index is 12.2. The van der Waals surface area contributed by atoms with E-state index in [0.29, 0.717) is 19.4 Å². The molecule has 3 nitrogen and oxygen atoms in total. The van der Waals surface area contributed by atoms with E-state index in [1.54, 1.807) is 0 Å². The Morgan fingerprint density at radius 2 is 2.05 bits per heavy atom. The van der Waals surface area contributed by atoms with Crippen molar-refractivity contribution in [1.29, 1.82) is 0 Å². The average molecular weight is 261 g/mol. The fraction of sp³-hybridized carbons (Fsp3) is 0.562. The second-order valence-corrected chi connectivity index (χ2v) is 5.84. The molecule has 0 bridgehead atoms. The average Bonchev–Trinajstić information content (AvgIpc) is 2.65. The van der Waals surface area contributed by atoms with Crippen LogP contribution >= 0.6 is 0 Å². The molecule has 0 aliphatic carbocycles. The van der Waals surface area contributed by atoms with Crippen molar-refractivity contribution in [2.24, 2.45) is 0 Å². The molecule has 104 valence electrons. The van der Waals surface area contributed by atoms with Crippen molar-refractivity contribution in [1.82, 2.24) is 4.90 Å². The van der Waals surface area contributed by atoms with Crippen LogP contribution in [0.2, 0.25) is 0 Å². The van der Waals surface area contributed by atoms with E-state index in [-0.39, 0.29) is 5.91 Å². The van der Waals surface area contributed by atoms with Gasteiger partial charge in [-0.3, -0.25) is 4.79 Å². The van der Waals surface area contributed by atoms with Crippen molar-refractivity contribution in [3.8, 4) is 0 Å². The molecule has 0 saturated carbocycles. The van der Waals surface area contributed by atoms with Crippen LogP contribution in [0.3, 0.4) is 0 Å². The zero-order chi connectivity index (χ0) is 13.9. The van der Waals surface area contributed by atoms with Gasteiger partial charge in [0.15, 0.2) is 0 Å². The summed E-state index contributed by atoms with van der Waals surface area (Å²) in [6.07, 6.45) is 2.66. The van der Waals surface area contributed by atoms with Crippen LogP contribution in [0, 0.1) is 0 Å². The van der Waals surface area contributed by atoms with Gasteiger partial charge in [0.25, 0.3) is 0 Å². The first kappa shape index (κ1) is 14.1. The number of rotatable bonds is 4. The first-order valence-corrected chi connectivity index (χ1v) is 7.04. The lowest BCUT2D eigenvalue weighted by molar-refractivity contribution is -0.136. The standard InChI is InChI=1S/C16H23NO2/c1-16(2)14(18)11-12-17(16)15(19)10-6-9-13-7-4-3-5-8-13/h3-5,7-8,14,18H,6,9-12H2,1-2H3. The Labute approximate surface area is 115 Å². The zero-order valence-electron chi connectivity index (χ0n) is 11.8. The van der Waals surface area contributed by atoms with E-state index in [0.717, 1.165) is 12.8 Å². The second-order valence-electron chi connectivity index (χ2n) is 5.84. The molecule has 1 saturated heterocycles. The number of hydrogen-bond donors (Lipinski definition) is 1. The van der Waals surface area contributed by atoms with Crippen LogP contribution in [-0.4, -0.2) is 34.1 Å². The topological polar surface area (TPSA) is 40.5 Å². The summed E-state index contributed by atoms with van der Waals surface area (Å²) in [6.45, 7) is 4.57. The summed E-state index contributed by atoms with van der Waals surface area (Å²) < 4.78 is 0. The maximum Gasteiger partial charge on any atom is 0.223 e. The molecule has 1 aromatic carbocycles. The van der Waals surface area contributed by atoms with Crippen molar-refractivity contribution >= 4 is 5.91 Å². The Morgan fingerprint density at radius 3 is 2.63 bits per heavy atom. The summed E-state index contributed by atoms with van der Waals surface area (Å²) in [4.78, 5) is 14.0. The third-order valence-electron chi connectivity index (χ3n) is 4.14. The number of hydrogen-bond acceptors (Lipinski definition) is 2. The second kappa shape index (κ2) is 5.74. The first-order valence-electron chi connectivity index (χ1n) is 7.04. The molecule has 0 aromatic heterocycles. The van der Waals surface area contributed by atoms with Gasteiger partial charge in [0.05, 0.1) is 11.6 Å². The van der Waals surface area contributed by atoms with Gasteiger partial charge < -0.3 is 10.0 Å². The van der Waals surface area contributed by atoms with Crippen molar-refractivity contribution in [3.63, 3.8) is 0 Å². The minimum absolute atomic E-state index is 0.164. The van der Waals surface area contributed by atoms with Crippen LogP contribution in [0.15, 0.2) is 30.3 Å². The zero-order valence-corrected chi connectivity index (χ0v) is 11.8. The first-order chi connectivity index (χ1) is 9.01. The molecule has 1 heterocycles. The Hall–Kier alpha value is -1.35. The van der Waals surface area contributed by atoms with Gasteiger partial charge in [0.2, 0.25) is 5.91 Å². The maximum atomic E-state index is 12.2. The lowest BCUT2D eigenvalue weighted by atomic mass is 9.98. The van der Waals surface area contributed by atoms with E-state index < -0.39 is 11.6 Å². The van der Waals surface area contributed by atoms with Gasteiger partial charge in [-0.1, -0.05) is 30.3 Å². The Bertz CT molecular complexity index is 428. The molecule has 1 N–H and O–H groups in total. The van der Waals surface area contributed by atoms with E-state index >= 15 is 0 Å². The van der Waals surface area contributed by atoms with Crippen LogP contribution in [0.5, 0.6) is 0 Å². The molecule has 0 spiro atoms. The third kappa shape index (κ3) is 3.16. The van der Waals surface area contributed by atoms with E-state index in [4.69, 9.17) is 0 Å². The van der Waals surface area contributed by atoms with Crippen molar-refractivity contribution < 1.29 is 9.90 Å². The van der Waals surface area contributed by atoms with Gasteiger partial charge in [-0.2, -0.15) is 0 Å². The van der Waals surface area contributed by atoms with E-state index in [1.165, 1.54) is 5.56 Å². The van der Waals surface area contributed by atoms with Gasteiger partial charge in [-0.05, 0) is 38.7 Å². The lowest BCUT2D eigenvalue weighted by Crippen LogP contribution is -2.48. The number of benzene rings is 1. The molecular formula is C16H23NO2. The van der Waals surface area contributed by atoms with Gasteiger partial charge >= 0.3 is 0 Å². The van der Waals surface area contributed by atoms with Crippen LogP contribution in [0.4, 0.5) is 0 Å². The normalized spacial score (nSPS) is 21.6. The van der Waals surface area contributed by atoms with Gasteiger partial charge in [-0.15, -0.1) is 0 Å². The molecule has 2 rings (SSSR count). The van der Waals surface area contributed by atoms with Crippen LogP contribution < -0.4 is 0 Å². The van der Waals surface area contributed by atoms with Gasteiger partial charge in [0.1, 0.15) is 0 Å². The Balaban J connectivity index is 1.82. The largest absolute Gasteiger partial charge is 0.391 e. The predicted octanol–water partition coefficient (Wildman–Crippen LogP) is 2.38. The molecule has 1 amide bonds. The number of aliphatic hydroxyl groups excluding tert-OH is 1. The molecule has 1 fully saturated rings. The number of carbonyl (C=O) groups is 1. The number of amides is 1. The molecule has 19 heavy (non-hydrogen) atoms. The van der Waals surface area contributed by atoms with E-state index in [2.05, 4.69) is 12.1 Å². The molecule has 3 heteroatoms. The van der Waals surface area contributed by atoms with Crippen molar-refractivity contribution in [3.05, 3.63) is 35.9 Å². The highest BCUT2D eigenvalue weighted by atomic mass is 16.3. The summed E-state index contributed by atoms with van der Waals surface area (Å²) >= 11 is 0. The fourth-order valence-corrected chi connectivity index (χ4v) is 2.74. The number of likely N-dealkylation sites (tertiary alicyclic amines) is 1. The minimum atomic E-state index is -0.413. The minimum Gasteiger partial charge on any atom is -0.391 e. The molecular weight excluding hydrogens is 238 g/mol. The number of aliphatic hydroxyl groups is 1. The van der Waals surface area contributed by atoms with E-state index in [1.807, 2.05) is 36.9 Å². The smallest absolute Gasteiger partial charge is 0.223 e. The van der Waals surface area contributed by atoms with Crippen LogP contribution in [0.25, 0.3) is 0 Å². The highest BCUT2D eigenvalue weighted by Gasteiger charge is 2.42. The molecule has 1 aliphatic heterocycles. The van der Waals surface area contributed by atoms with Gasteiger partial charge in [0, 0.05) is 13.0 Å². The van der Waals surface area contributed by atoms with Crippen molar-refractivity contribution in [2.45, 2.75) is 51.2 Å². The quantitative estimate of drug-likeness (QED) is 0.904. The third-order valence-corrected chi connectivity index (χ3v) is 4.14. The summed E-state index contributed by atoms with van der Waals surface area (Å²) in [5.74, 6) is 0.164. The van der Waals surface area contributed by atoms with Crippen LogP contribution in [-0.2, 0) is 11.2 Å². The SMILES string of the molecule is CC1(C)C(O)CCN1C(=O)CCCc1ccccc1. The summed E-state index contributed by atoms with van der Waals surface area (Å²) in [5, 5.41) is 9.89. The van der Waals surface area contributed by atoms with Gasteiger partial charge in [-0.25, -0.2) is 0 Å². The van der Waals surface area contributed by atoms with E-state index in [9.17, 15) is 9.90 Å². The summed E-state index contributed by atoms with van der Waals surface area (Å²) in [6, 6.07) is 10.2. The highest BCUT2D eigenvalue weighted by Crippen LogP contribution is 2.29. The number of carbonyl (C=O) groups excluding carboxylic acids is 1.